The van der Waals surface area contributed by atoms with E-state index in [1.54, 1.807) is 6.20 Å². The van der Waals surface area contributed by atoms with Gasteiger partial charge in [0.25, 0.3) is 0 Å². The van der Waals surface area contributed by atoms with Crippen LogP contribution in [0.15, 0.2) is 16.9 Å². The summed E-state index contributed by atoms with van der Waals surface area (Å²) in [6.45, 7) is 0.101. The van der Waals surface area contributed by atoms with E-state index in [2.05, 4.69) is 21.0 Å². The maximum Gasteiger partial charge on any atom is 0.330 e. The van der Waals surface area contributed by atoms with Gasteiger partial charge in [0, 0.05) is 13.3 Å². The number of hydrogen-bond donors (Lipinski definition) is 1. The fourth-order valence-corrected chi connectivity index (χ4v) is 1.21. The van der Waals surface area contributed by atoms with Crippen molar-refractivity contribution >= 4 is 21.9 Å². The van der Waals surface area contributed by atoms with E-state index in [-0.39, 0.29) is 6.61 Å². The Balaban J connectivity index is 2.81. The number of aliphatic carboxylic acids is 1. The molecule has 5 nitrogen and oxygen atoms in total. The van der Waals surface area contributed by atoms with Gasteiger partial charge >= 0.3 is 5.97 Å². The predicted octanol–water partition coefficient (Wildman–Crippen LogP) is 0.918. The highest BCUT2D eigenvalue weighted by Crippen LogP contribution is 2.12. The number of methoxy groups -OCH3 is 1. The highest BCUT2D eigenvalue weighted by molar-refractivity contribution is 9.10. The average Bonchev–Trinajstić information content (AvgIpc) is 2.46. The first kappa shape index (κ1) is 10.2. The van der Waals surface area contributed by atoms with Gasteiger partial charge in [0.15, 0.2) is 6.04 Å². The summed E-state index contributed by atoms with van der Waals surface area (Å²) >= 11 is 3.18. The molecule has 1 atom stereocenters. The summed E-state index contributed by atoms with van der Waals surface area (Å²) in [7, 11) is 1.45. The lowest BCUT2D eigenvalue weighted by atomic mass is 10.3. The van der Waals surface area contributed by atoms with E-state index >= 15 is 0 Å². The second kappa shape index (κ2) is 4.38. The van der Waals surface area contributed by atoms with Crippen LogP contribution in [0.5, 0.6) is 0 Å². The molecule has 0 amide bonds. The Morgan fingerprint density at radius 3 is 3.00 bits per heavy atom. The fraction of sp³-hybridized carbons (Fsp3) is 0.429. The third kappa shape index (κ3) is 2.53. The van der Waals surface area contributed by atoms with Crippen LogP contribution in [0.3, 0.4) is 0 Å². The Morgan fingerprint density at radius 1 is 1.92 bits per heavy atom. The minimum atomic E-state index is -0.961. The molecule has 0 aromatic carbocycles. The number of rotatable bonds is 4. The van der Waals surface area contributed by atoms with Crippen LogP contribution in [-0.4, -0.2) is 34.6 Å². The van der Waals surface area contributed by atoms with Crippen molar-refractivity contribution in [3.8, 4) is 0 Å². The average molecular weight is 249 g/mol. The van der Waals surface area contributed by atoms with E-state index in [1.807, 2.05) is 0 Å². The zero-order chi connectivity index (χ0) is 9.84. The van der Waals surface area contributed by atoms with Crippen molar-refractivity contribution < 1.29 is 14.6 Å². The van der Waals surface area contributed by atoms with Gasteiger partial charge in [-0.15, -0.1) is 0 Å². The smallest absolute Gasteiger partial charge is 0.330 e. The fourth-order valence-electron chi connectivity index (χ4n) is 0.904. The van der Waals surface area contributed by atoms with E-state index in [4.69, 9.17) is 9.84 Å². The van der Waals surface area contributed by atoms with Crippen molar-refractivity contribution in [2.75, 3.05) is 13.7 Å². The van der Waals surface area contributed by atoms with Crippen LogP contribution in [0, 0.1) is 0 Å². The summed E-state index contributed by atoms with van der Waals surface area (Å²) in [5.41, 5.74) is 0. The van der Waals surface area contributed by atoms with Crippen molar-refractivity contribution in [2.24, 2.45) is 0 Å². The Hall–Kier alpha value is -0.880. The summed E-state index contributed by atoms with van der Waals surface area (Å²) in [5.74, 6) is -0.961. The molecule has 0 aliphatic carbocycles. The van der Waals surface area contributed by atoms with Gasteiger partial charge in [-0.3, -0.25) is 4.68 Å². The second-order valence-electron chi connectivity index (χ2n) is 2.45. The van der Waals surface area contributed by atoms with Gasteiger partial charge in [0.05, 0.1) is 17.3 Å². The molecule has 0 radical (unpaired) electrons. The third-order valence-corrected chi connectivity index (χ3v) is 1.91. The van der Waals surface area contributed by atoms with Gasteiger partial charge in [0.2, 0.25) is 0 Å². The van der Waals surface area contributed by atoms with E-state index in [0.717, 1.165) is 4.47 Å². The minimum Gasteiger partial charge on any atom is -0.480 e. The van der Waals surface area contributed by atoms with E-state index in [0.29, 0.717) is 0 Å². The molecule has 1 N–H and O–H groups in total. The predicted molar refractivity (Wildman–Crippen MR) is 48.5 cm³/mol. The Labute approximate surface area is 83.4 Å². The lowest BCUT2D eigenvalue weighted by Crippen LogP contribution is -2.23. The van der Waals surface area contributed by atoms with Gasteiger partial charge in [-0.2, -0.15) is 5.10 Å². The first-order valence-electron chi connectivity index (χ1n) is 3.56. The molecule has 13 heavy (non-hydrogen) atoms. The zero-order valence-corrected chi connectivity index (χ0v) is 8.56. The Kier molecular flexibility index (Phi) is 3.44. The molecule has 0 saturated carbocycles. The highest BCUT2D eigenvalue weighted by Gasteiger charge is 2.19. The molecule has 1 heterocycles. The Bertz CT molecular complexity index is 300. The molecule has 1 rings (SSSR count). The van der Waals surface area contributed by atoms with Crippen LogP contribution in [-0.2, 0) is 9.53 Å². The van der Waals surface area contributed by atoms with Gasteiger partial charge in [-0.05, 0) is 15.9 Å². The molecule has 1 aromatic rings. The largest absolute Gasteiger partial charge is 0.480 e. The number of halogens is 1. The van der Waals surface area contributed by atoms with Crippen LogP contribution >= 0.6 is 15.9 Å². The first-order valence-corrected chi connectivity index (χ1v) is 4.36. The lowest BCUT2D eigenvalue weighted by molar-refractivity contribution is -0.142. The standard InChI is InChI=1S/C7H9BrN2O3/c1-13-4-6(7(11)12)10-3-5(8)2-9-10/h2-3,6H,4H2,1H3,(H,11,12). The zero-order valence-electron chi connectivity index (χ0n) is 6.98. The summed E-state index contributed by atoms with van der Waals surface area (Å²) in [4.78, 5) is 10.7. The molecule has 0 saturated heterocycles. The minimum absolute atomic E-state index is 0.101. The molecule has 0 aliphatic rings. The number of nitrogens with zero attached hydrogens (tertiary/aromatic N) is 2. The second-order valence-corrected chi connectivity index (χ2v) is 3.36. The van der Waals surface area contributed by atoms with Crippen molar-refractivity contribution in [1.82, 2.24) is 9.78 Å². The number of hydrogen-bond acceptors (Lipinski definition) is 3. The molecule has 0 bridgehead atoms. The number of aromatic nitrogens is 2. The number of ether oxygens (including phenoxy) is 1. The van der Waals surface area contributed by atoms with Crippen molar-refractivity contribution in [1.29, 1.82) is 0 Å². The van der Waals surface area contributed by atoms with Crippen molar-refractivity contribution in [2.45, 2.75) is 6.04 Å². The topological polar surface area (TPSA) is 64.3 Å². The highest BCUT2D eigenvalue weighted by atomic mass is 79.9. The first-order chi connectivity index (χ1) is 6.15. The maximum atomic E-state index is 10.7. The van der Waals surface area contributed by atoms with E-state index < -0.39 is 12.0 Å². The molecule has 0 aliphatic heterocycles. The number of carboxylic acid groups (broad SMARTS) is 1. The molecule has 0 spiro atoms. The quantitative estimate of drug-likeness (QED) is 0.861. The van der Waals surface area contributed by atoms with Crippen molar-refractivity contribution in [3.05, 3.63) is 16.9 Å². The van der Waals surface area contributed by atoms with Crippen LogP contribution < -0.4 is 0 Å². The molecule has 0 fully saturated rings. The van der Waals surface area contributed by atoms with Gasteiger partial charge in [0.1, 0.15) is 0 Å². The van der Waals surface area contributed by atoms with E-state index in [9.17, 15) is 4.79 Å². The van der Waals surface area contributed by atoms with Gasteiger partial charge < -0.3 is 9.84 Å². The molecular weight excluding hydrogens is 240 g/mol. The molecule has 1 unspecified atom stereocenters. The monoisotopic (exact) mass is 248 g/mol. The SMILES string of the molecule is COCC(C(=O)O)n1cc(Br)cn1. The number of carbonyl (C=O) groups is 1. The lowest BCUT2D eigenvalue weighted by Gasteiger charge is -2.10. The molecule has 1 aromatic heterocycles. The summed E-state index contributed by atoms with van der Waals surface area (Å²) in [6, 6.07) is -0.767. The summed E-state index contributed by atoms with van der Waals surface area (Å²) in [6.07, 6.45) is 3.13. The molecular formula is C7H9BrN2O3. The Morgan fingerprint density at radius 2 is 2.62 bits per heavy atom. The summed E-state index contributed by atoms with van der Waals surface area (Å²) in [5, 5.41) is 12.7. The molecule has 6 heteroatoms. The van der Waals surface area contributed by atoms with Crippen LogP contribution in [0.1, 0.15) is 6.04 Å². The van der Waals surface area contributed by atoms with Crippen LogP contribution in [0.2, 0.25) is 0 Å². The normalized spacial score (nSPS) is 12.8. The van der Waals surface area contributed by atoms with Crippen LogP contribution in [0.25, 0.3) is 0 Å². The van der Waals surface area contributed by atoms with E-state index in [1.165, 1.54) is 18.0 Å². The third-order valence-electron chi connectivity index (χ3n) is 1.50. The molecule has 72 valence electrons. The summed E-state index contributed by atoms with van der Waals surface area (Å²) < 4.78 is 6.86. The maximum absolute atomic E-state index is 10.7. The van der Waals surface area contributed by atoms with Crippen molar-refractivity contribution in [3.63, 3.8) is 0 Å². The number of carboxylic acids is 1. The van der Waals surface area contributed by atoms with Gasteiger partial charge in [-0.25, -0.2) is 4.79 Å². The van der Waals surface area contributed by atoms with Crippen LogP contribution in [0.4, 0.5) is 0 Å². The van der Waals surface area contributed by atoms with Gasteiger partial charge in [-0.1, -0.05) is 0 Å².